The van der Waals surface area contributed by atoms with Gasteiger partial charge >= 0.3 is 0 Å². The van der Waals surface area contributed by atoms with E-state index in [4.69, 9.17) is 9.47 Å². The number of hydrogen-bond acceptors (Lipinski definition) is 5. The van der Waals surface area contributed by atoms with Crippen LogP contribution in [0.25, 0.3) is 0 Å². The number of carbonyl (C=O) groups is 1. The average Bonchev–Trinajstić information content (AvgIpc) is 3.20. The smallest absolute Gasteiger partial charge is 0.241 e. The van der Waals surface area contributed by atoms with E-state index in [2.05, 4.69) is 4.72 Å². The van der Waals surface area contributed by atoms with Gasteiger partial charge in [0.1, 0.15) is 5.75 Å². The first-order valence-electron chi connectivity index (χ1n) is 10.4. The molecule has 1 amide bonds. The van der Waals surface area contributed by atoms with E-state index in [1.165, 1.54) is 0 Å². The zero-order valence-corrected chi connectivity index (χ0v) is 18.9. The summed E-state index contributed by atoms with van der Waals surface area (Å²) >= 11 is 0. The molecule has 2 aromatic rings. The molecule has 2 aromatic carbocycles. The molecule has 1 atom stereocenters. The van der Waals surface area contributed by atoms with Gasteiger partial charge in [-0.3, -0.25) is 4.79 Å². The van der Waals surface area contributed by atoms with Gasteiger partial charge in [0.05, 0.1) is 17.5 Å². The van der Waals surface area contributed by atoms with Crippen LogP contribution in [0.4, 0.5) is 0 Å². The second-order valence-electron chi connectivity index (χ2n) is 7.86. The van der Waals surface area contributed by atoms with E-state index in [0.717, 1.165) is 11.3 Å². The highest BCUT2D eigenvalue weighted by atomic mass is 32.2. The fourth-order valence-electron chi connectivity index (χ4n) is 3.87. The third kappa shape index (κ3) is 6.06. The number of methoxy groups -OCH3 is 2. The van der Waals surface area contributed by atoms with Crippen molar-refractivity contribution < 1.29 is 22.7 Å². The number of carbonyl (C=O) groups excluding carboxylic acids is 1. The van der Waals surface area contributed by atoms with Crippen LogP contribution in [0, 0.1) is 0 Å². The Morgan fingerprint density at radius 1 is 1.10 bits per heavy atom. The maximum absolute atomic E-state index is 12.9. The van der Waals surface area contributed by atoms with Gasteiger partial charge in [0, 0.05) is 33.2 Å². The molecule has 0 spiro atoms. The highest BCUT2D eigenvalue weighted by Crippen LogP contribution is 2.28. The fraction of sp³-hybridized carbons (Fsp3) is 0.435. The summed E-state index contributed by atoms with van der Waals surface area (Å²) in [6.45, 7) is 1.26. The van der Waals surface area contributed by atoms with E-state index in [-0.39, 0.29) is 10.8 Å². The van der Waals surface area contributed by atoms with Gasteiger partial charge in [0.15, 0.2) is 0 Å². The van der Waals surface area contributed by atoms with Crippen LogP contribution in [0.2, 0.25) is 0 Å². The molecular formula is C23H30N2O5S. The fourth-order valence-corrected chi connectivity index (χ4v) is 5.34. The number of nitrogens with one attached hydrogen (secondary N) is 1. The van der Waals surface area contributed by atoms with Gasteiger partial charge < -0.3 is 14.4 Å². The first-order chi connectivity index (χ1) is 14.9. The predicted octanol–water partition coefficient (Wildman–Crippen LogP) is 2.61. The number of benzene rings is 2. The maximum atomic E-state index is 12.9. The number of nitrogens with zero attached hydrogens (tertiary/aromatic N) is 1. The van der Waals surface area contributed by atoms with Gasteiger partial charge in [0.2, 0.25) is 15.9 Å². The lowest BCUT2D eigenvalue weighted by Crippen LogP contribution is -2.51. The maximum Gasteiger partial charge on any atom is 0.241 e. The van der Waals surface area contributed by atoms with E-state index in [1.807, 2.05) is 24.3 Å². The molecule has 1 heterocycles. The third-order valence-electron chi connectivity index (χ3n) is 5.68. The molecule has 1 fully saturated rings. The molecule has 0 bridgehead atoms. The summed E-state index contributed by atoms with van der Waals surface area (Å²) in [6, 6.07) is 16.0. The molecule has 1 aliphatic rings. The lowest BCUT2D eigenvalue weighted by molar-refractivity contribution is -0.130. The van der Waals surface area contributed by atoms with Crippen molar-refractivity contribution >= 4 is 15.9 Å². The van der Waals surface area contributed by atoms with Gasteiger partial charge in [-0.05, 0) is 49.1 Å². The van der Waals surface area contributed by atoms with E-state index >= 15 is 0 Å². The number of sulfonamides is 1. The average molecular weight is 447 g/mol. The quantitative estimate of drug-likeness (QED) is 0.606. The van der Waals surface area contributed by atoms with Crippen molar-refractivity contribution in [3.8, 4) is 5.75 Å². The molecule has 8 heteroatoms. The summed E-state index contributed by atoms with van der Waals surface area (Å²) in [4.78, 5) is 14.8. The van der Waals surface area contributed by atoms with Crippen molar-refractivity contribution in [2.45, 2.75) is 36.1 Å². The van der Waals surface area contributed by atoms with Gasteiger partial charge in [0.25, 0.3) is 0 Å². The lowest BCUT2D eigenvalue weighted by Gasteiger charge is -2.30. The van der Waals surface area contributed by atoms with Gasteiger partial charge in [-0.15, -0.1) is 0 Å². The second-order valence-corrected chi connectivity index (χ2v) is 9.54. The Kier molecular flexibility index (Phi) is 7.69. The van der Waals surface area contributed by atoms with Crippen LogP contribution >= 0.6 is 0 Å². The molecule has 0 radical (unpaired) electrons. The molecule has 0 aromatic heterocycles. The van der Waals surface area contributed by atoms with Crippen LogP contribution in [0.5, 0.6) is 5.75 Å². The minimum atomic E-state index is -3.70. The first-order valence-corrected chi connectivity index (χ1v) is 11.8. The van der Waals surface area contributed by atoms with Gasteiger partial charge in [-0.1, -0.05) is 30.3 Å². The van der Waals surface area contributed by atoms with Gasteiger partial charge in [-0.25, -0.2) is 13.1 Å². The van der Waals surface area contributed by atoms with Crippen molar-refractivity contribution in [3.05, 3.63) is 60.2 Å². The molecule has 1 N–H and O–H groups in total. The molecule has 168 valence electrons. The molecule has 1 unspecified atom stereocenters. The first kappa shape index (κ1) is 23.2. The van der Waals surface area contributed by atoms with Crippen LogP contribution in [-0.4, -0.2) is 58.7 Å². The van der Waals surface area contributed by atoms with Crippen LogP contribution in [0.3, 0.4) is 0 Å². The molecule has 1 aliphatic heterocycles. The number of amides is 1. The van der Waals surface area contributed by atoms with Crippen LogP contribution in [0.15, 0.2) is 59.5 Å². The Bertz CT molecular complexity index is 963. The van der Waals surface area contributed by atoms with E-state index in [9.17, 15) is 13.2 Å². The van der Waals surface area contributed by atoms with Crippen molar-refractivity contribution in [3.63, 3.8) is 0 Å². The molecule has 31 heavy (non-hydrogen) atoms. The van der Waals surface area contributed by atoms with Gasteiger partial charge in [-0.2, -0.15) is 0 Å². The Labute approximate surface area is 184 Å². The van der Waals surface area contributed by atoms with Crippen LogP contribution in [-0.2, 0) is 26.0 Å². The zero-order valence-electron chi connectivity index (χ0n) is 18.0. The van der Waals surface area contributed by atoms with Crippen molar-refractivity contribution in [2.75, 3.05) is 33.9 Å². The number of likely N-dealkylation sites (tertiary alicyclic amines) is 1. The molecule has 0 saturated carbocycles. The highest BCUT2D eigenvalue weighted by Gasteiger charge is 2.42. The largest absolute Gasteiger partial charge is 0.497 e. The Morgan fingerprint density at radius 3 is 2.45 bits per heavy atom. The monoisotopic (exact) mass is 446 g/mol. The molecule has 3 rings (SSSR count). The number of ether oxygens (including phenoxy) is 2. The summed E-state index contributed by atoms with van der Waals surface area (Å²) < 4.78 is 39.1. The zero-order chi connectivity index (χ0) is 22.3. The minimum absolute atomic E-state index is 0.0222. The van der Waals surface area contributed by atoms with Crippen molar-refractivity contribution in [1.29, 1.82) is 0 Å². The highest BCUT2D eigenvalue weighted by molar-refractivity contribution is 7.89. The summed E-state index contributed by atoms with van der Waals surface area (Å²) in [6.07, 6.45) is 2.05. The summed E-state index contributed by atoms with van der Waals surface area (Å²) in [7, 11) is -0.491. The summed E-state index contributed by atoms with van der Waals surface area (Å²) in [5.74, 6) is 0.803. The van der Waals surface area contributed by atoms with E-state index in [1.54, 1.807) is 49.5 Å². The van der Waals surface area contributed by atoms with Crippen LogP contribution < -0.4 is 9.46 Å². The SMILES string of the molecule is COCCC1(NS(=O)(=O)c2ccccc2)CCN(C(=O)CCc2ccc(OC)cc2)C1. The van der Waals surface area contributed by atoms with E-state index in [0.29, 0.717) is 45.4 Å². The Hall–Kier alpha value is -2.42. The Balaban J connectivity index is 1.65. The standard InChI is InChI=1S/C23H30N2O5S/c1-29-17-15-23(24-31(27,28)21-6-4-3-5-7-21)14-16-25(18-23)22(26)13-10-19-8-11-20(30-2)12-9-19/h3-9,11-12,24H,10,13-18H2,1-2H3. The molecule has 1 saturated heterocycles. The number of rotatable bonds is 10. The normalized spacial score (nSPS) is 18.8. The number of aryl methyl sites for hydroxylation is 1. The van der Waals surface area contributed by atoms with Crippen molar-refractivity contribution in [1.82, 2.24) is 9.62 Å². The van der Waals surface area contributed by atoms with Crippen molar-refractivity contribution in [2.24, 2.45) is 0 Å². The Morgan fingerprint density at radius 2 is 1.81 bits per heavy atom. The third-order valence-corrected chi connectivity index (χ3v) is 7.28. The predicted molar refractivity (Wildman–Crippen MR) is 118 cm³/mol. The lowest BCUT2D eigenvalue weighted by atomic mass is 9.96. The topological polar surface area (TPSA) is 84.9 Å². The summed E-state index contributed by atoms with van der Waals surface area (Å²) in [5, 5.41) is 0. The van der Waals surface area contributed by atoms with Crippen LogP contribution in [0.1, 0.15) is 24.8 Å². The molecular weight excluding hydrogens is 416 g/mol. The van der Waals surface area contributed by atoms with E-state index < -0.39 is 15.6 Å². The number of hydrogen-bond donors (Lipinski definition) is 1. The molecule has 7 nitrogen and oxygen atoms in total. The molecule has 0 aliphatic carbocycles. The second kappa shape index (κ2) is 10.3. The summed E-state index contributed by atoms with van der Waals surface area (Å²) in [5.41, 5.74) is 0.323. The minimum Gasteiger partial charge on any atom is -0.497 e.